The third-order valence-electron chi connectivity index (χ3n) is 3.27. The summed E-state index contributed by atoms with van der Waals surface area (Å²) in [6.07, 6.45) is 0. The van der Waals surface area contributed by atoms with Crippen LogP contribution < -0.4 is 11.2 Å². The Balaban J connectivity index is 1.82. The van der Waals surface area contributed by atoms with Crippen molar-refractivity contribution in [1.29, 1.82) is 0 Å². The Morgan fingerprint density at radius 1 is 1.35 bits per heavy atom. The van der Waals surface area contributed by atoms with E-state index in [1.807, 2.05) is 36.6 Å². The Kier molecular flexibility index (Phi) is 4.26. The molecular formula is C15H15N5OS2. The Morgan fingerprint density at radius 2 is 2.09 bits per heavy atom. The molecule has 0 radical (unpaired) electrons. The highest BCUT2D eigenvalue weighted by Gasteiger charge is 2.13. The van der Waals surface area contributed by atoms with Gasteiger partial charge < -0.3 is 5.73 Å². The van der Waals surface area contributed by atoms with Crippen LogP contribution >= 0.6 is 23.6 Å². The van der Waals surface area contributed by atoms with Crippen molar-refractivity contribution in [3.8, 4) is 0 Å². The first-order chi connectivity index (χ1) is 11.0. The van der Waals surface area contributed by atoms with Gasteiger partial charge in [0.1, 0.15) is 11.5 Å². The fraction of sp³-hybridized carbons (Fsp3) is 0.133. The van der Waals surface area contributed by atoms with E-state index >= 15 is 0 Å². The molecule has 2 heterocycles. The van der Waals surface area contributed by atoms with Crippen molar-refractivity contribution < 1.29 is 4.79 Å². The lowest BCUT2D eigenvalue weighted by Crippen LogP contribution is -2.14. The molecule has 0 saturated carbocycles. The average molecular weight is 345 g/mol. The number of nitrogen functional groups attached to an aromatic ring is 1. The number of hydrogen-bond acceptors (Lipinski definition) is 6. The van der Waals surface area contributed by atoms with Gasteiger partial charge in [0.25, 0.3) is 0 Å². The summed E-state index contributed by atoms with van der Waals surface area (Å²) in [6.45, 7) is 2.02. The molecule has 3 rings (SSSR count). The van der Waals surface area contributed by atoms with Gasteiger partial charge in [-0.15, -0.1) is 16.4 Å². The van der Waals surface area contributed by atoms with Crippen molar-refractivity contribution in [1.82, 2.24) is 14.5 Å². The Hall–Kier alpha value is -2.45. The maximum atomic E-state index is 12.3. The Morgan fingerprint density at radius 3 is 2.74 bits per heavy atom. The zero-order valence-corrected chi connectivity index (χ0v) is 14.0. The van der Waals surface area contributed by atoms with Crippen LogP contribution in [0.5, 0.6) is 0 Å². The van der Waals surface area contributed by atoms with E-state index < -0.39 is 0 Å². The number of nitrogens with zero attached hydrogens (tertiary/aromatic N) is 3. The number of thiophene rings is 1. The van der Waals surface area contributed by atoms with Crippen molar-refractivity contribution in [3.05, 3.63) is 57.7 Å². The zero-order chi connectivity index (χ0) is 16.4. The summed E-state index contributed by atoms with van der Waals surface area (Å²) in [7, 11) is 0. The predicted molar refractivity (Wildman–Crippen MR) is 94.3 cm³/mol. The number of rotatable bonds is 5. The molecule has 1 aromatic carbocycles. The molecule has 0 atom stereocenters. The number of aryl methyl sites for hydroxylation is 1. The molecule has 6 nitrogen and oxygen atoms in total. The summed E-state index contributed by atoms with van der Waals surface area (Å²) in [5.74, 6) is 0.141. The van der Waals surface area contributed by atoms with Gasteiger partial charge >= 0.3 is 0 Å². The first-order valence-corrected chi connectivity index (χ1v) is 8.19. The molecule has 0 saturated heterocycles. The van der Waals surface area contributed by atoms with E-state index in [1.165, 1.54) is 20.7 Å². The zero-order valence-electron chi connectivity index (χ0n) is 12.4. The average Bonchev–Trinajstić information content (AvgIpc) is 3.12. The molecule has 118 valence electrons. The van der Waals surface area contributed by atoms with Gasteiger partial charge in [-0.1, -0.05) is 29.8 Å². The molecule has 0 fully saturated rings. The first-order valence-electron chi connectivity index (χ1n) is 6.90. The van der Waals surface area contributed by atoms with Gasteiger partial charge in [0, 0.05) is 5.56 Å². The maximum Gasteiger partial charge on any atom is 0.240 e. The lowest BCUT2D eigenvalue weighted by Gasteiger charge is -2.04. The minimum absolute atomic E-state index is 0.0468. The van der Waals surface area contributed by atoms with Crippen LogP contribution in [-0.2, 0) is 6.54 Å². The molecule has 3 aromatic rings. The van der Waals surface area contributed by atoms with E-state index in [0.29, 0.717) is 10.3 Å². The SMILES string of the molecule is Cc1ccc(C(=O)Cn2nc(N)n(Nc3cccs3)c2=S)cc1. The predicted octanol–water partition coefficient (Wildman–Crippen LogP) is 3.12. The highest BCUT2D eigenvalue weighted by atomic mass is 32.1. The second kappa shape index (κ2) is 6.35. The largest absolute Gasteiger partial charge is 0.366 e. The van der Waals surface area contributed by atoms with E-state index in [2.05, 4.69) is 10.5 Å². The van der Waals surface area contributed by atoms with E-state index in [4.69, 9.17) is 18.0 Å². The molecular weight excluding hydrogens is 330 g/mol. The second-order valence-corrected chi connectivity index (χ2v) is 6.32. The number of anilines is 2. The van der Waals surface area contributed by atoms with Crippen LogP contribution in [0.1, 0.15) is 15.9 Å². The number of Topliss-reactive ketones (excluding diaryl/α,β-unsaturated/α-hetero) is 1. The summed E-state index contributed by atoms with van der Waals surface area (Å²) >= 11 is 6.87. The number of nitrogens with one attached hydrogen (secondary N) is 1. The highest BCUT2D eigenvalue weighted by molar-refractivity contribution is 7.71. The number of carbonyl (C=O) groups is 1. The molecule has 0 aliphatic rings. The third kappa shape index (κ3) is 3.33. The minimum atomic E-state index is -0.0677. The van der Waals surface area contributed by atoms with Crippen LogP contribution in [0.25, 0.3) is 0 Å². The van der Waals surface area contributed by atoms with Gasteiger partial charge in [-0.05, 0) is 36.7 Å². The van der Waals surface area contributed by atoms with Crippen LogP contribution in [0.15, 0.2) is 41.8 Å². The molecule has 0 amide bonds. The van der Waals surface area contributed by atoms with E-state index in [1.54, 1.807) is 12.1 Å². The van der Waals surface area contributed by atoms with E-state index in [0.717, 1.165) is 10.6 Å². The molecule has 0 unspecified atom stereocenters. The molecule has 8 heteroatoms. The van der Waals surface area contributed by atoms with E-state index in [-0.39, 0.29) is 18.3 Å². The third-order valence-corrected chi connectivity index (χ3v) is 4.44. The Bertz CT molecular complexity index is 878. The Labute approximate surface area is 142 Å². The normalized spacial score (nSPS) is 10.7. The number of hydrogen-bond donors (Lipinski definition) is 2. The van der Waals surface area contributed by atoms with E-state index in [9.17, 15) is 4.79 Å². The summed E-state index contributed by atoms with van der Waals surface area (Å²) < 4.78 is 3.26. The molecule has 2 aromatic heterocycles. The molecule has 0 aliphatic heterocycles. The quantitative estimate of drug-likeness (QED) is 0.549. The lowest BCUT2D eigenvalue weighted by molar-refractivity contribution is 0.0967. The lowest BCUT2D eigenvalue weighted by atomic mass is 10.1. The maximum absolute atomic E-state index is 12.3. The topological polar surface area (TPSA) is 77.9 Å². The van der Waals surface area contributed by atoms with Gasteiger partial charge in [0.05, 0.1) is 0 Å². The number of nitrogens with two attached hydrogens (primary N) is 1. The van der Waals surface area contributed by atoms with Crippen molar-refractivity contribution in [2.75, 3.05) is 11.2 Å². The standard InChI is InChI=1S/C15H15N5OS2/c1-10-4-6-11(7-5-10)12(21)9-19-15(22)20(14(16)18-19)17-13-3-2-8-23-13/h2-8,17H,9H2,1H3,(H2,16,18). The summed E-state index contributed by atoms with van der Waals surface area (Å²) in [4.78, 5) is 12.3. The van der Waals surface area contributed by atoms with Crippen LogP contribution in [0, 0.1) is 11.7 Å². The highest BCUT2D eigenvalue weighted by Crippen LogP contribution is 2.17. The van der Waals surface area contributed by atoms with Gasteiger partial charge in [-0.25, -0.2) is 4.68 Å². The van der Waals surface area contributed by atoms with Crippen LogP contribution in [0.3, 0.4) is 0 Å². The molecule has 3 N–H and O–H groups in total. The van der Waals surface area contributed by atoms with Crippen molar-refractivity contribution in [3.63, 3.8) is 0 Å². The minimum Gasteiger partial charge on any atom is -0.366 e. The van der Waals surface area contributed by atoms with Crippen molar-refractivity contribution in [2.24, 2.45) is 0 Å². The van der Waals surface area contributed by atoms with Gasteiger partial charge in [-0.3, -0.25) is 10.2 Å². The summed E-state index contributed by atoms with van der Waals surface area (Å²) in [5.41, 5.74) is 10.7. The fourth-order valence-electron chi connectivity index (χ4n) is 2.05. The molecule has 23 heavy (non-hydrogen) atoms. The monoisotopic (exact) mass is 345 g/mol. The fourth-order valence-corrected chi connectivity index (χ4v) is 2.90. The van der Waals surface area contributed by atoms with Crippen molar-refractivity contribution >= 4 is 40.3 Å². The number of aromatic nitrogens is 3. The van der Waals surface area contributed by atoms with Crippen molar-refractivity contribution in [2.45, 2.75) is 13.5 Å². The van der Waals surface area contributed by atoms with Crippen LogP contribution in [0.2, 0.25) is 0 Å². The number of carbonyl (C=O) groups excluding carboxylic acids is 1. The number of benzene rings is 1. The van der Waals surface area contributed by atoms with Crippen LogP contribution in [-0.4, -0.2) is 20.2 Å². The first kappa shape index (κ1) is 15.4. The molecule has 0 bridgehead atoms. The van der Waals surface area contributed by atoms with Crippen LogP contribution in [0.4, 0.5) is 10.9 Å². The second-order valence-electron chi connectivity index (χ2n) is 5.01. The van der Waals surface area contributed by atoms with Gasteiger partial charge in [0.15, 0.2) is 5.78 Å². The van der Waals surface area contributed by atoms with Gasteiger partial charge in [-0.2, -0.15) is 4.68 Å². The smallest absolute Gasteiger partial charge is 0.240 e. The molecule has 0 aliphatic carbocycles. The molecule has 0 spiro atoms. The number of ketones is 1. The van der Waals surface area contributed by atoms with Gasteiger partial charge in [0.2, 0.25) is 10.7 Å². The summed E-state index contributed by atoms with van der Waals surface area (Å²) in [6, 6.07) is 11.2. The summed E-state index contributed by atoms with van der Waals surface area (Å²) in [5, 5.41) is 6.97.